The Hall–Kier alpha value is -0.120. The van der Waals surface area contributed by atoms with Gasteiger partial charge in [-0.15, -0.1) is 0 Å². The number of nitrogens with two attached hydrogens (primary N) is 1. The molecule has 12 heavy (non-hydrogen) atoms. The highest BCUT2D eigenvalue weighted by Crippen LogP contribution is 2.19. The fraction of sp³-hybridized carbons (Fsp3) is 1.00. The molecule has 0 aromatic rings. The zero-order chi connectivity index (χ0) is 9.03. The maximum absolute atomic E-state index is 9.66. The highest BCUT2D eigenvalue weighted by Gasteiger charge is 2.30. The molecule has 72 valence electrons. The molecule has 3 heteroatoms. The first-order chi connectivity index (χ1) is 5.64. The summed E-state index contributed by atoms with van der Waals surface area (Å²) in [4.78, 5) is 2.32. The summed E-state index contributed by atoms with van der Waals surface area (Å²) in [5, 5.41) is 9.66. The van der Waals surface area contributed by atoms with Gasteiger partial charge in [0, 0.05) is 13.1 Å². The predicted octanol–water partition coefficient (Wildman–Crippen LogP) is 0.182. The van der Waals surface area contributed by atoms with Crippen LogP contribution in [0.3, 0.4) is 0 Å². The molecule has 1 heterocycles. The molecule has 0 spiro atoms. The van der Waals surface area contributed by atoms with Crippen LogP contribution in [0.4, 0.5) is 0 Å². The topological polar surface area (TPSA) is 49.5 Å². The van der Waals surface area contributed by atoms with E-state index in [0.29, 0.717) is 0 Å². The van der Waals surface area contributed by atoms with E-state index in [-0.39, 0.29) is 0 Å². The van der Waals surface area contributed by atoms with Crippen LogP contribution in [0.2, 0.25) is 0 Å². The van der Waals surface area contributed by atoms with Gasteiger partial charge in [-0.25, -0.2) is 0 Å². The van der Waals surface area contributed by atoms with Crippen molar-refractivity contribution in [3.8, 4) is 0 Å². The molecule has 1 atom stereocenters. The van der Waals surface area contributed by atoms with Crippen LogP contribution in [0.25, 0.3) is 0 Å². The quantitative estimate of drug-likeness (QED) is 0.595. The molecule has 0 aromatic carbocycles. The number of likely N-dealkylation sites (tertiary alicyclic amines) is 1. The number of aliphatic hydroxyl groups is 1. The fourth-order valence-corrected chi connectivity index (χ4v) is 1.71. The van der Waals surface area contributed by atoms with Gasteiger partial charge in [-0.2, -0.15) is 0 Å². The van der Waals surface area contributed by atoms with Gasteiger partial charge in [-0.1, -0.05) is 0 Å². The van der Waals surface area contributed by atoms with Crippen molar-refractivity contribution in [2.75, 3.05) is 26.2 Å². The Bertz CT molecular complexity index is 136. The van der Waals surface area contributed by atoms with E-state index in [9.17, 15) is 5.11 Å². The van der Waals surface area contributed by atoms with Crippen LogP contribution < -0.4 is 5.73 Å². The molecule has 0 bridgehead atoms. The van der Waals surface area contributed by atoms with Crippen LogP contribution in [0.15, 0.2) is 0 Å². The molecule has 1 unspecified atom stereocenters. The molecule has 1 saturated heterocycles. The highest BCUT2D eigenvalue weighted by molar-refractivity contribution is 4.85. The molecule has 0 amide bonds. The maximum atomic E-state index is 9.66. The lowest BCUT2D eigenvalue weighted by Gasteiger charge is -2.18. The van der Waals surface area contributed by atoms with Crippen molar-refractivity contribution in [3.05, 3.63) is 0 Å². The number of unbranched alkanes of at least 4 members (excludes halogenated alkanes) is 1. The summed E-state index contributed by atoms with van der Waals surface area (Å²) >= 11 is 0. The van der Waals surface area contributed by atoms with Gasteiger partial charge in [0.25, 0.3) is 0 Å². The smallest absolute Gasteiger partial charge is 0.0758 e. The van der Waals surface area contributed by atoms with E-state index in [2.05, 4.69) is 4.90 Å². The van der Waals surface area contributed by atoms with Crippen molar-refractivity contribution in [1.29, 1.82) is 0 Å². The maximum Gasteiger partial charge on any atom is 0.0758 e. The second kappa shape index (κ2) is 4.21. The minimum absolute atomic E-state index is 0.442. The Morgan fingerprint density at radius 2 is 2.25 bits per heavy atom. The van der Waals surface area contributed by atoms with Gasteiger partial charge in [-0.3, -0.25) is 0 Å². The van der Waals surface area contributed by atoms with Gasteiger partial charge in [0.1, 0.15) is 0 Å². The highest BCUT2D eigenvalue weighted by atomic mass is 16.3. The van der Waals surface area contributed by atoms with Gasteiger partial charge in [-0.05, 0) is 39.3 Å². The van der Waals surface area contributed by atoms with E-state index in [1.54, 1.807) is 0 Å². The molecule has 0 aromatic heterocycles. The van der Waals surface area contributed by atoms with E-state index in [4.69, 9.17) is 5.73 Å². The van der Waals surface area contributed by atoms with Gasteiger partial charge >= 0.3 is 0 Å². The Morgan fingerprint density at radius 1 is 1.50 bits per heavy atom. The van der Waals surface area contributed by atoms with E-state index in [1.165, 1.54) is 0 Å². The first kappa shape index (κ1) is 9.96. The third kappa shape index (κ3) is 3.09. The van der Waals surface area contributed by atoms with Gasteiger partial charge in [0.2, 0.25) is 0 Å². The average molecular weight is 172 g/mol. The summed E-state index contributed by atoms with van der Waals surface area (Å²) < 4.78 is 0. The van der Waals surface area contributed by atoms with Gasteiger partial charge < -0.3 is 15.7 Å². The second-order valence-electron chi connectivity index (χ2n) is 4.02. The molecule has 0 radical (unpaired) electrons. The molecule has 0 aliphatic carbocycles. The van der Waals surface area contributed by atoms with Crippen molar-refractivity contribution in [1.82, 2.24) is 4.90 Å². The summed E-state index contributed by atoms with van der Waals surface area (Å²) in [5.41, 5.74) is 4.96. The summed E-state index contributed by atoms with van der Waals surface area (Å²) in [7, 11) is 0. The monoisotopic (exact) mass is 172 g/mol. The number of β-amino-alcohol motifs (C(OH)–C–C–N with tert-alkyl or cyclic N) is 1. The van der Waals surface area contributed by atoms with Crippen LogP contribution in [0.1, 0.15) is 26.2 Å². The molecule has 1 aliphatic heterocycles. The summed E-state index contributed by atoms with van der Waals surface area (Å²) in [6.07, 6.45) is 3.17. The number of hydrogen-bond acceptors (Lipinski definition) is 3. The zero-order valence-electron chi connectivity index (χ0n) is 7.92. The Balaban J connectivity index is 2.11. The minimum atomic E-state index is -0.442. The number of rotatable bonds is 4. The van der Waals surface area contributed by atoms with Crippen LogP contribution in [-0.4, -0.2) is 41.8 Å². The first-order valence-corrected chi connectivity index (χ1v) is 4.79. The Labute approximate surface area is 74.5 Å². The molecule has 1 aliphatic rings. The van der Waals surface area contributed by atoms with E-state index in [1.807, 2.05) is 6.92 Å². The first-order valence-electron chi connectivity index (χ1n) is 4.79. The van der Waals surface area contributed by atoms with E-state index < -0.39 is 5.60 Å². The standard InChI is InChI=1S/C9H20N2O/c1-9(12)4-7-11(8-9)6-3-2-5-10/h12H,2-8,10H2,1H3. The zero-order valence-corrected chi connectivity index (χ0v) is 7.92. The number of hydrogen-bond donors (Lipinski definition) is 2. The Morgan fingerprint density at radius 3 is 2.75 bits per heavy atom. The molecule has 1 fully saturated rings. The Kier molecular flexibility index (Phi) is 3.50. The lowest BCUT2D eigenvalue weighted by Crippen LogP contribution is -2.30. The molecule has 3 nitrogen and oxygen atoms in total. The molecule has 0 saturated carbocycles. The van der Waals surface area contributed by atoms with Gasteiger partial charge in [0.05, 0.1) is 5.60 Å². The van der Waals surface area contributed by atoms with Crippen molar-refractivity contribution in [2.24, 2.45) is 5.73 Å². The van der Waals surface area contributed by atoms with Crippen LogP contribution in [0.5, 0.6) is 0 Å². The molecular formula is C9H20N2O. The normalized spacial score (nSPS) is 31.2. The van der Waals surface area contributed by atoms with Crippen LogP contribution >= 0.6 is 0 Å². The lowest BCUT2D eigenvalue weighted by molar-refractivity contribution is 0.0686. The molecule has 1 rings (SSSR count). The second-order valence-corrected chi connectivity index (χ2v) is 4.02. The fourth-order valence-electron chi connectivity index (χ4n) is 1.71. The summed E-state index contributed by atoms with van der Waals surface area (Å²) in [6.45, 7) is 5.66. The minimum Gasteiger partial charge on any atom is -0.389 e. The largest absolute Gasteiger partial charge is 0.389 e. The van der Waals surface area contributed by atoms with Crippen molar-refractivity contribution >= 4 is 0 Å². The van der Waals surface area contributed by atoms with Crippen LogP contribution in [0, 0.1) is 0 Å². The SMILES string of the molecule is CC1(O)CCN(CCCCN)C1. The van der Waals surface area contributed by atoms with Gasteiger partial charge in [0.15, 0.2) is 0 Å². The molecule has 3 N–H and O–H groups in total. The predicted molar refractivity (Wildman–Crippen MR) is 50.0 cm³/mol. The van der Waals surface area contributed by atoms with Crippen molar-refractivity contribution in [2.45, 2.75) is 31.8 Å². The van der Waals surface area contributed by atoms with E-state index in [0.717, 1.165) is 45.4 Å². The van der Waals surface area contributed by atoms with Crippen LogP contribution in [-0.2, 0) is 0 Å². The van der Waals surface area contributed by atoms with E-state index >= 15 is 0 Å². The average Bonchev–Trinajstić information content (AvgIpc) is 2.31. The summed E-state index contributed by atoms with van der Waals surface area (Å²) in [5.74, 6) is 0. The summed E-state index contributed by atoms with van der Waals surface area (Å²) in [6, 6.07) is 0. The lowest BCUT2D eigenvalue weighted by atomic mass is 10.1. The molecular weight excluding hydrogens is 152 g/mol. The van der Waals surface area contributed by atoms with Crippen molar-refractivity contribution < 1.29 is 5.11 Å². The van der Waals surface area contributed by atoms with Crippen molar-refractivity contribution in [3.63, 3.8) is 0 Å². The third-order valence-corrected chi connectivity index (χ3v) is 2.46. The third-order valence-electron chi connectivity index (χ3n) is 2.46. The number of nitrogens with zero attached hydrogens (tertiary/aromatic N) is 1.